The smallest absolute Gasteiger partial charge is 0.416 e. The third-order valence-electron chi connectivity index (χ3n) is 3.48. The summed E-state index contributed by atoms with van der Waals surface area (Å²) < 4.78 is 43.7. The molecule has 0 aliphatic carbocycles. The molecule has 6 heteroatoms. The van der Waals surface area contributed by atoms with Gasteiger partial charge in [0, 0.05) is 13.1 Å². The Hall–Kier alpha value is -2.05. The lowest BCUT2D eigenvalue weighted by molar-refractivity contribution is -0.138. The van der Waals surface area contributed by atoms with Crippen molar-refractivity contribution >= 4 is 0 Å². The number of halogens is 3. The van der Waals surface area contributed by atoms with Crippen molar-refractivity contribution in [3.63, 3.8) is 0 Å². The lowest BCUT2D eigenvalue weighted by atomic mass is 10.1. The summed E-state index contributed by atoms with van der Waals surface area (Å²) >= 11 is 0. The lowest BCUT2D eigenvalue weighted by Gasteiger charge is -2.15. The van der Waals surface area contributed by atoms with Crippen molar-refractivity contribution in [3.05, 3.63) is 65.2 Å². The van der Waals surface area contributed by atoms with Gasteiger partial charge in [-0.1, -0.05) is 30.3 Å². The number of benzene rings is 2. The van der Waals surface area contributed by atoms with Crippen LogP contribution in [0.2, 0.25) is 0 Å². The molecule has 0 fully saturated rings. The zero-order chi connectivity index (χ0) is 16.9. The van der Waals surface area contributed by atoms with Crippen LogP contribution in [0.3, 0.4) is 0 Å². The molecule has 23 heavy (non-hydrogen) atoms. The Morgan fingerprint density at radius 1 is 1.09 bits per heavy atom. The van der Waals surface area contributed by atoms with Crippen molar-refractivity contribution in [2.24, 2.45) is 0 Å². The lowest BCUT2D eigenvalue weighted by Crippen LogP contribution is -2.22. The number of rotatable bonds is 6. The van der Waals surface area contributed by atoms with Crippen LogP contribution in [0.5, 0.6) is 5.75 Å². The minimum atomic E-state index is -4.38. The summed E-state index contributed by atoms with van der Waals surface area (Å²) in [4.78, 5) is 0. The van der Waals surface area contributed by atoms with Gasteiger partial charge in [0.25, 0.3) is 0 Å². The fourth-order valence-electron chi connectivity index (χ4n) is 2.24. The van der Waals surface area contributed by atoms with Gasteiger partial charge >= 0.3 is 6.18 Å². The van der Waals surface area contributed by atoms with Crippen molar-refractivity contribution in [1.82, 2.24) is 5.32 Å². The highest BCUT2D eigenvalue weighted by atomic mass is 19.4. The Bertz CT molecular complexity index is 626. The molecule has 2 N–H and O–H groups in total. The second kappa shape index (κ2) is 7.48. The van der Waals surface area contributed by atoms with E-state index in [1.54, 1.807) is 37.4 Å². The van der Waals surface area contributed by atoms with Gasteiger partial charge < -0.3 is 15.2 Å². The Balaban J connectivity index is 1.94. The van der Waals surface area contributed by atoms with E-state index in [2.05, 4.69) is 5.32 Å². The first-order valence-electron chi connectivity index (χ1n) is 7.09. The maximum absolute atomic E-state index is 12.9. The molecule has 0 saturated carbocycles. The molecule has 0 aliphatic heterocycles. The number of methoxy groups -OCH3 is 1. The molecular weight excluding hydrogens is 307 g/mol. The SMILES string of the molecule is COc1ccc(C(O)CNCc2ccccc2C(F)(F)F)cc1. The molecule has 0 saturated heterocycles. The summed E-state index contributed by atoms with van der Waals surface area (Å²) in [7, 11) is 1.55. The van der Waals surface area contributed by atoms with E-state index in [4.69, 9.17) is 4.74 Å². The Morgan fingerprint density at radius 3 is 2.35 bits per heavy atom. The molecule has 0 aliphatic rings. The highest BCUT2D eigenvalue weighted by Gasteiger charge is 2.32. The molecule has 0 amide bonds. The summed E-state index contributed by atoms with van der Waals surface area (Å²) in [6, 6.07) is 12.3. The first-order chi connectivity index (χ1) is 10.9. The molecule has 0 bridgehead atoms. The van der Waals surface area contributed by atoms with Gasteiger partial charge in [0.1, 0.15) is 5.75 Å². The van der Waals surface area contributed by atoms with Crippen LogP contribution in [0.15, 0.2) is 48.5 Å². The topological polar surface area (TPSA) is 41.5 Å². The predicted octanol–water partition coefficient (Wildman–Crippen LogP) is 3.54. The average Bonchev–Trinajstić information content (AvgIpc) is 2.54. The first-order valence-corrected chi connectivity index (χ1v) is 7.09. The van der Waals surface area contributed by atoms with Gasteiger partial charge in [0.05, 0.1) is 18.8 Å². The van der Waals surface area contributed by atoms with Gasteiger partial charge in [-0.2, -0.15) is 13.2 Å². The third-order valence-corrected chi connectivity index (χ3v) is 3.48. The Kier molecular flexibility index (Phi) is 5.63. The predicted molar refractivity (Wildman–Crippen MR) is 81.1 cm³/mol. The van der Waals surface area contributed by atoms with E-state index in [1.165, 1.54) is 12.1 Å². The molecule has 2 rings (SSSR count). The minimum absolute atomic E-state index is 0.0307. The molecule has 124 valence electrons. The van der Waals surface area contributed by atoms with Crippen LogP contribution in [0.4, 0.5) is 13.2 Å². The summed E-state index contributed by atoms with van der Waals surface area (Å²) in [5.74, 6) is 0.674. The molecule has 3 nitrogen and oxygen atoms in total. The van der Waals surface area contributed by atoms with E-state index < -0.39 is 17.8 Å². The summed E-state index contributed by atoms with van der Waals surface area (Å²) in [5, 5.41) is 12.9. The van der Waals surface area contributed by atoms with Crippen LogP contribution in [0, 0.1) is 0 Å². The van der Waals surface area contributed by atoms with Gasteiger partial charge in [-0.05, 0) is 29.3 Å². The Labute approximate surface area is 132 Å². The molecule has 0 spiro atoms. The molecule has 0 radical (unpaired) electrons. The van der Waals surface area contributed by atoms with E-state index in [1.807, 2.05) is 0 Å². The zero-order valence-electron chi connectivity index (χ0n) is 12.6. The van der Waals surface area contributed by atoms with Crippen LogP contribution in [0.1, 0.15) is 22.8 Å². The van der Waals surface area contributed by atoms with Crippen molar-refractivity contribution in [2.75, 3.05) is 13.7 Å². The second-order valence-electron chi connectivity index (χ2n) is 5.07. The van der Waals surface area contributed by atoms with Gasteiger partial charge in [0.15, 0.2) is 0 Å². The van der Waals surface area contributed by atoms with Crippen LogP contribution in [0.25, 0.3) is 0 Å². The van der Waals surface area contributed by atoms with Gasteiger partial charge in [-0.3, -0.25) is 0 Å². The molecular formula is C17H18F3NO2. The maximum Gasteiger partial charge on any atom is 0.416 e. The number of alkyl halides is 3. The average molecular weight is 325 g/mol. The van der Waals surface area contributed by atoms with Gasteiger partial charge in [0.2, 0.25) is 0 Å². The van der Waals surface area contributed by atoms with Gasteiger partial charge in [-0.25, -0.2) is 0 Å². The van der Waals surface area contributed by atoms with Crippen LogP contribution in [-0.2, 0) is 12.7 Å². The molecule has 2 aromatic carbocycles. The number of aliphatic hydroxyl groups is 1. The summed E-state index contributed by atoms with van der Waals surface area (Å²) in [6.07, 6.45) is -5.19. The maximum atomic E-state index is 12.9. The Morgan fingerprint density at radius 2 is 1.74 bits per heavy atom. The molecule has 0 aromatic heterocycles. The monoisotopic (exact) mass is 325 g/mol. The normalized spacial score (nSPS) is 12.9. The largest absolute Gasteiger partial charge is 0.497 e. The number of nitrogens with one attached hydrogen (secondary N) is 1. The van der Waals surface area contributed by atoms with Crippen LogP contribution >= 0.6 is 0 Å². The number of hydrogen-bond donors (Lipinski definition) is 2. The van der Waals surface area contributed by atoms with Gasteiger partial charge in [-0.15, -0.1) is 0 Å². The van der Waals surface area contributed by atoms with Crippen LogP contribution in [-0.4, -0.2) is 18.8 Å². The highest BCUT2D eigenvalue weighted by Crippen LogP contribution is 2.31. The van der Waals surface area contributed by atoms with Crippen molar-refractivity contribution in [1.29, 1.82) is 0 Å². The quantitative estimate of drug-likeness (QED) is 0.854. The number of ether oxygens (including phenoxy) is 1. The van der Waals surface area contributed by atoms with Crippen molar-refractivity contribution < 1.29 is 23.0 Å². The fourth-order valence-corrected chi connectivity index (χ4v) is 2.24. The summed E-state index contributed by atoms with van der Waals surface area (Å²) in [6.45, 7) is 0.182. The second-order valence-corrected chi connectivity index (χ2v) is 5.07. The molecule has 0 heterocycles. The minimum Gasteiger partial charge on any atom is -0.497 e. The number of hydrogen-bond acceptors (Lipinski definition) is 3. The van der Waals surface area contributed by atoms with E-state index >= 15 is 0 Å². The van der Waals surface area contributed by atoms with E-state index in [0.717, 1.165) is 6.07 Å². The van der Waals surface area contributed by atoms with Crippen LogP contribution < -0.4 is 10.1 Å². The van der Waals surface area contributed by atoms with Crippen molar-refractivity contribution in [3.8, 4) is 5.75 Å². The zero-order valence-corrected chi connectivity index (χ0v) is 12.6. The molecule has 1 atom stereocenters. The molecule has 1 unspecified atom stereocenters. The fraction of sp³-hybridized carbons (Fsp3) is 0.294. The third kappa shape index (κ3) is 4.71. The first kappa shape index (κ1) is 17.3. The summed E-state index contributed by atoms with van der Waals surface area (Å²) in [5.41, 5.74) is 0.163. The molecule has 2 aromatic rings. The highest BCUT2D eigenvalue weighted by molar-refractivity contribution is 5.30. The van der Waals surface area contributed by atoms with E-state index in [-0.39, 0.29) is 18.7 Å². The van der Waals surface area contributed by atoms with Crippen molar-refractivity contribution in [2.45, 2.75) is 18.8 Å². The van der Waals surface area contributed by atoms with E-state index in [9.17, 15) is 18.3 Å². The van der Waals surface area contributed by atoms with E-state index in [0.29, 0.717) is 11.3 Å². The number of aliphatic hydroxyl groups excluding tert-OH is 1. The standard InChI is InChI=1S/C17H18F3NO2/c1-23-14-8-6-12(7-9-14)16(22)11-21-10-13-4-2-3-5-15(13)17(18,19)20/h2-9,16,21-22H,10-11H2,1H3.